The van der Waals surface area contributed by atoms with Crippen LogP contribution in [0.2, 0.25) is 0 Å². The Morgan fingerprint density at radius 1 is 1.41 bits per heavy atom. The third-order valence-electron chi connectivity index (χ3n) is 2.87. The Balaban J connectivity index is 2.46. The summed E-state index contributed by atoms with van der Waals surface area (Å²) in [5, 5.41) is 8.28. The number of nitrogens with one attached hydrogen (secondary N) is 2. The Labute approximate surface area is 100 Å². The summed E-state index contributed by atoms with van der Waals surface area (Å²) in [5.74, 6) is -0.420. The summed E-state index contributed by atoms with van der Waals surface area (Å²) in [7, 11) is 0. The van der Waals surface area contributed by atoms with Crippen LogP contribution in [0, 0.1) is 0 Å². The van der Waals surface area contributed by atoms with E-state index in [9.17, 15) is 4.79 Å². The molecule has 0 aromatic heterocycles. The highest BCUT2D eigenvalue weighted by Crippen LogP contribution is 2.04. The van der Waals surface area contributed by atoms with Crippen LogP contribution in [0.3, 0.4) is 0 Å². The molecule has 4 nitrogen and oxygen atoms in total. The molecular formula is C13H17N3O. The summed E-state index contributed by atoms with van der Waals surface area (Å²) in [6.07, 6.45) is 4.61. The number of hydrogen-bond donors (Lipinski definition) is 3. The van der Waals surface area contributed by atoms with Crippen LogP contribution in [0.4, 0.5) is 0 Å². The summed E-state index contributed by atoms with van der Waals surface area (Å²) in [4.78, 5) is 11.6. The lowest BCUT2D eigenvalue weighted by molar-refractivity contribution is -0.122. The van der Waals surface area contributed by atoms with Crippen LogP contribution < -0.4 is 26.8 Å². The van der Waals surface area contributed by atoms with Crippen LogP contribution >= 0.6 is 0 Å². The van der Waals surface area contributed by atoms with E-state index in [1.54, 1.807) is 0 Å². The second kappa shape index (κ2) is 4.59. The molecule has 1 aromatic carbocycles. The van der Waals surface area contributed by atoms with E-state index >= 15 is 0 Å². The van der Waals surface area contributed by atoms with Crippen molar-refractivity contribution in [3.8, 4) is 0 Å². The van der Waals surface area contributed by atoms with Crippen molar-refractivity contribution in [2.24, 2.45) is 5.73 Å². The number of fused-ring (bicyclic) bond motifs is 1. The SMILES string of the molecule is CCCNC1(C(N)=O)C=c2ccccc2=CN1. The summed E-state index contributed by atoms with van der Waals surface area (Å²) < 4.78 is 0. The van der Waals surface area contributed by atoms with E-state index in [0.717, 1.165) is 23.4 Å². The molecule has 1 aliphatic heterocycles. The fourth-order valence-electron chi connectivity index (χ4n) is 1.89. The average Bonchev–Trinajstić information content (AvgIpc) is 2.36. The minimum atomic E-state index is -0.968. The maximum absolute atomic E-state index is 11.6. The van der Waals surface area contributed by atoms with Gasteiger partial charge in [0.25, 0.3) is 5.91 Å². The molecule has 0 aliphatic carbocycles. The number of hydrogen-bond acceptors (Lipinski definition) is 3. The molecule has 1 unspecified atom stereocenters. The lowest BCUT2D eigenvalue weighted by atomic mass is 10.0. The molecule has 17 heavy (non-hydrogen) atoms. The minimum Gasteiger partial charge on any atom is -0.366 e. The normalized spacial score (nSPS) is 21.7. The van der Waals surface area contributed by atoms with Crippen molar-refractivity contribution in [3.63, 3.8) is 0 Å². The van der Waals surface area contributed by atoms with Crippen LogP contribution in [-0.2, 0) is 4.79 Å². The van der Waals surface area contributed by atoms with Gasteiger partial charge >= 0.3 is 0 Å². The Kier molecular flexibility index (Phi) is 3.15. The quantitative estimate of drug-likeness (QED) is 0.622. The molecule has 1 aliphatic rings. The van der Waals surface area contributed by atoms with Gasteiger partial charge in [0.2, 0.25) is 0 Å². The van der Waals surface area contributed by atoms with E-state index in [4.69, 9.17) is 5.73 Å². The van der Waals surface area contributed by atoms with Crippen molar-refractivity contribution in [1.29, 1.82) is 0 Å². The number of primary amides is 1. The van der Waals surface area contributed by atoms with E-state index in [1.807, 2.05) is 43.5 Å². The van der Waals surface area contributed by atoms with Crippen molar-refractivity contribution in [2.45, 2.75) is 19.0 Å². The van der Waals surface area contributed by atoms with Crippen LogP contribution in [0.5, 0.6) is 0 Å². The standard InChI is InChI=1S/C13H17N3O/c1-2-7-15-13(12(14)17)8-10-5-3-4-6-11(10)9-16-13/h3-6,8-9,15-16H,2,7H2,1H3,(H2,14,17). The number of nitrogens with two attached hydrogens (primary N) is 1. The molecule has 0 fully saturated rings. The van der Waals surface area contributed by atoms with Crippen LogP contribution in [0.1, 0.15) is 13.3 Å². The molecule has 0 saturated carbocycles. The van der Waals surface area contributed by atoms with Crippen LogP contribution in [0.25, 0.3) is 12.3 Å². The molecule has 0 radical (unpaired) electrons. The molecule has 1 heterocycles. The lowest BCUT2D eigenvalue weighted by Crippen LogP contribution is -2.65. The van der Waals surface area contributed by atoms with E-state index in [2.05, 4.69) is 10.6 Å². The average molecular weight is 231 g/mol. The summed E-state index contributed by atoms with van der Waals surface area (Å²) in [6.45, 7) is 2.77. The first-order valence-corrected chi connectivity index (χ1v) is 5.79. The first-order valence-electron chi connectivity index (χ1n) is 5.79. The summed E-state index contributed by atoms with van der Waals surface area (Å²) in [5.41, 5.74) is 4.52. The first-order chi connectivity index (χ1) is 8.18. The molecule has 0 spiro atoms. The fraction of sp³-hybridized carbons (Fsp3) is 0.308. The summed E-state index contributed by atoms with van der Waals surface area (Å²) >= 11 is 0. The highest BCUT2D eigenvalue weighted by Gasteiger charge is 2.33. The smallest absolute Gasteiger partial charge is 0.262 e. The largest absolute Gasteiger partial charge is 0.366 e. The predicted molar refractivity (Wildman–Crippen MR) is 68.0 cm³/mol. The van der Waals surface area contributed by atoms with E-state index in [1.165, 1.54) is 0 Å². The maximum atomic E-state index is 11.6. The van der Waals surface area contributed by atoms with Gasteiger partial charge < -0.3 is 11.1 Å². The fourth-order valence-corrected chi connectivity index (χ4v) is 1.89. The van der Waals surface area contributed by atoms with E-state index in [-0.39, 0.29) is 0 Å². The maximum Gasteiger partial charge on any atom is 0.262 e. The second-order valence-corrected chi connectivity index (χ2v) is 4.16. The Morgan fingerprint density at radius 3 is 2.76 bits per heavy atom. The molecule has 0 saturated heterocycles. The first kappa shape index (κ1) is 11.7. The van der Waals surface area contributed by atoms with Gasteiger partial charge in [-0.3, -0.25) is 10.1 Å². The van der Waals surface area contributed by atoms with Gasteiger partial charge in [0.1, 0.15) is 0 Å². The van der Waals surface area contributed by atoms with Gasteiger partial charge in [-0.25, -0.2) is 0 Å². The van der Waals surface area contributed by atoms with E-state index in [0.29, 0.717) is 0 Å². The number of amides is 1. The third-order valence-corrected chi connectivity index (χ3v) is 2.87. The molecule has 1 atom stereocenters. The Morgan fingerprint density at radius 2 is 2.12 bits per heavy atom. The van der Waals surface area contributed by atoms with Gasteiger partial charge in [-0.1, -0.05) is 31.2 Å². The highest BCUT2D eigenvalue weighted by molar-refractivity contribution is 5.92. The van der Waals surface area contributed by atoms with E-state index < -0.39 is 11.6 Å². The highest BCUT2D eigenvalue weighted by atomic mass is 16.2. The number of carbonyl (C=O) groups excluding carboxylic acids is 1. The van der Waals surface area contributed by atoms with Gasteiger partial charge in [-0.15, -0.1) is 0 Å². The molecular weight excluding hydrogens is 214 g/mol. The van der Waals surface area contributed by atoms with Crippen molar-refractivity contribution in [2.75, 3.05) is 6.54 Å². The van der Waals surface area contributed by atoms with Crippen LogP contribution in [-0.4, -0.2) is 18.1 Å². The zero-order valence-corrected chi connectivity index (χ0v) is 9.86. The lowest BCUT2D eigenvalue weighted by Gasteiger charge is -2.31. The van der Waals surface area contributed by atoms with Gasteiger partial charge in [0.15, 0.2) is 5.66 Å². The number of carbonyl (C=O) groups is 1. The van der Waals surface area contributed by atoms with Gasteiger partial charge in [0, 0.05) is 6.20 Å². The topological polar surface area (TPSA) is 67.1 Å². The monoisotopic (exact) mass is 231 g/mol. The zero-order valence-electron chi connectivity index (χ0n) is 9.86. The molecule has 90 valence electrons. The molecule has 1 aromatic rings. The van der Waals surface area contributed by atoms with Crippen molar-refractivity contribution >= 4 is 18.2 Å². The van der Waals surface area contributed by atoms with Crippen molar-refractivity contribution in [1.82, 2.24) is 10.6 Å². The molecule has 4 heteroatoms. The molecule has 0 bridgehead atoms. The molecule has 2 rings (SSSR count). The molecule has 1 amide bonds. The van der Waals surface area contributed by atoms with Gasteiger partial charge in [-0.2, -0.15) is 0 Å². The van der Waals surface area contributed by atoms with Gasteiger partial charge in [-0.05, 0) is 29.5 Å². The number of rotatable bonds is 4. The zero-order chi connectivity index (χ0) is 12.3. The van der Waals surface area contributed by atoms with Crippen molar-refractivity contribution < 1.29 is 4.79 Å². The van der Waals surface area contributed by atoms with Crippen LogP contribution in [0.15, 0.2) is 24.3 Å². The summed E-state index contributed by atoms with van der Waals surface area (Å²) in [6, 6.07) is 7.86. The predicted octanol–water partition coefficient (Wildman–Crippen LogP) is -1.01. The van der Waals surface area contributed by atoms with Gasteiger partial charge in [0.05, 0.1) is 0 Å². The number of benzene rings is 1. The Bertz CT molecular complexity index is 538. The van der Waals surface area contributed by atoms with Crippen molar-refractivity contribution in [3.05, 3.63) is 34.7 Å². The Hall–Kier alpha value is -1.81. The molecule has 4 N–H and O–H groups in total. The third kappa shape index (κ3) is 2.17. The second-order valence-electron chi connectivity index (χ2n) is 4.16. The minimum absolute atomic E-state index is 0.420.